The van der Waals surface area contributed by atoms with Gasteiger partial charge in [0.2, 0.25) is 5.78 Å². The number of carbonyl (C=O) groups excluding carboxylic acids is 1. The largest absolute Gasteiger partial charge is 0.453 e. The van der Waals surface area contributed by atoms with Crippen LogP contribution in [-0.4, -0.2) is 15.6 Å². The first-order valence-electron chi connectivity index (χ1n) is 13.2. The Morgan fingerprint density at radius 1 is 0.714 bits per heavy atom. The van der Waals surface area contributed by atoms with E-state index >= 15 is 0 Å². The number of aromatic nitrogens is 2. The van der Waals surface area contributed by atoms with Crippen LogP contribution in [0, 0.1) is 0 Å². The van der Waals surface area contributed by atoms with E-state index < -0.39 is 17.5 Å². The van der Waals surface area contributed by atoms with Gasteiger partial charge in [0.05, 0.1) is 22.6 Å². The molecule has 2 heterocycles. The summed E-state index contributed by atoms with van der Waals surface area (Å²) in [5, 5.41) is 4.89. The summed E-state index contributed by atoms with van der Waals surface area (Å²) < 4.78 is 46.7. The number of benzene rings is 4. The summed E-state index contributed by atoms with van der Waals surface area (Å²) in [4.78, 5) is 12.7. The first kappa shape index (κ1) is 26.8. The number of hydrogen-bond donors (Lipinski definition) is 0. The van der Waals surface area contributed by atoms with E-state index in [9.17, 15) is 18.0 Å². The summed E-state index contributed by atoms with van der Waals surface area (Å²) in [5.41, 5.74) is 4.95. The van der Waals surface area contributed by atoms with Crippen molar-refractivity contribution in [2.75, 3.05) is 0 Å². The number of nitrogens with zero attached hydrogens (tertiary/aromatic N) is 2. The topological polar surface area (TPSA) is 48.0 Å². The second kappa shape index (κ2) is 11.2. The molecule has 0 unspecified atom stereocenters. The molecule has 0 radical (unpaired) electrons. The first-order chi connectivity index (χ1) is 20.3. The number of furan rings is 1. The normalized spacial score (nSPS) is 11.7. The van der Waals surface area contributed by atoms with Gasteiger partial charge in [-0.1, -0.05) is 91.0 Å². The summed E-state index contributed by atoms with van der Waals surface area (Å²) >= 11 is 0. The Bertz CT molecular complexity index is 1870. The molecule has 0 bridgehead atoms. The summed E-state index contributed by atoms with van der Waals surface area (Å²) in [7, 11) is 0. The first-order valence-corrected chi connectivity index (χ1v) is 13.2. The van der Waals surface area contributed by atoms with Crippen molar-refractivity contribution in [1.82, 2.24) is 9.78 Å². The van der Waals surface area contributed by atoms with Crippen LogP contribution in [0.1, 0.15) is 21.7 Å². The molecule has 6 rings (SSSR count). The van der Waals surface area contributed by atoms with E-state index in [-0.39, 0.29) is 17.1 Å². The van der Waals surface area contributed by atoms with Gasteiger partial charge in [0.1, 0.15) is 5.76 Å². The zero-order chi connectivity index (χ0) is 29.1. The fourth-order valence-electron chi connectivity index (χ4n) is 4.60. The van der Waals surface area contributed by atoms with E-state index in [1.165, 1.54) is 30.3 Å². The molecular weight excluding hydrogens is 537 g/mol. The highest BCUT2D eigenvalue weighted by molar-refractivity contribution is 6.05. The lowest BCUT2D eigenvalue weighted by molar-refractivity contribution is -0.137. The van der Waals surface area contributed by atoms with Crippen molar-refractivity contribution < 1.29 is 22.4 Å². The standard InChI is InChI=1S/C35H23F3N2O2/c36-35(37,38)28-13-7-12-27(22-28)33-20-21-34(42-33)32(41)19-16-24-14-17-29(18-15-24)40-31(26-10-5-2-6-11-26)23-30(39-40)25-8-3-1-4-9-25/h1-23H/b19-16+. The minimum atomic E-state index is -4.47. The van der Waals surface area contributed by atoms with Crippen LogP contribution < -0.4 is 0 Å². The van der Waals surface area contributed by atoms with Gasteiger partial charge in [0.25, 0.3) is 0 Å². The zero-order valence-electron chi connectivity index (χ0n) is 22.1. The molecule has 0 aliphatic carbocycles. The molecule has 42 heavy (non-hydrogen) atoms. The van der Waals surface area contributed by atoms with Crippen molar-refractivity contribution in [2.45, 2.75) is 6.18 Å². The Kier molecular flexibility index (Phi) is 7.15. The Hall–Kier alpha value is -5.43. The highest BCUT2D eigenvalue weighted by Crippen LogP contribution is 2.33. The van der Waals surface area contributed by atoms with Crippen molar-refractivity contribution >= 4 is 11.9 Å². The van der Waals surface area contributed by atoms with E-state index in [4.69, 9.17) is 9.52 Å². The van der Waals surface area contributed by atoms with Crippen LogP contribution in [0.25, 0.3) is 45.6 Å². The molecule has 0 saturated carbocycles. The summed E-state index contributed by atoms with van der Waals surface area (Å²) in [6, 6.07) is 37.4. The molecule has 7 heteroatoms. The van der Waals surface area contributed by atoms with Gasteiger partial charge in [-0.3, -0.25) is 4.79 Å². The maximum absolute atomic E-state index is 13.1. The molecule has 2 aromatic heterocycles. The van der Waals surface area contributed by atoms with E-state index in [2.05, 4.69) is 6.07 Å². The molecule has 0 aliphatic rings. The highest BCUT2D eigenvalue weighted by atomic mass is 19.4. The van der Waals surface area contributed by atoms with Gasteiger partial charge in [-0.05, 0) is 54.1 Å². The summed E-state index contributed by atoms with van der Waals surface area (Å²) in [6.07, 6.45) is -1.43. The predicted octanol–water partition coefficient (Wildman–Crippen LogP) is 9.38. The average molecular weight is 561 g/mol. The van der Waals surface area contributed by atoms with E-state index in [1.807, 2.05) is 89.6 Å². The minimum Gasteiger partial charge on any atom is -0.453 e. The lowest BCUT2D eigenvalue weighted by Crippen LogP contribution is -2.04. The van der Waals surface area contributed by atoms with Gasteiger partial charge in [-0.15, -0.1) is 0 Å². The maximum Gasteiger partial charge on any atom is 0.416 e. The molecule has 0 N–H and O–H groups in total. The molecule has 6 aromatic rings. The van der Waals surface area contributed by atoms with Crippen LogP contribution in [0.3, 0.4) is 0 Å². The smallest absolute Gasteiger partial charge is 0.416 e. The van der Waals surface area contributed by atoms with Gasteiger partial charge in [0, 0.05) is 16.7 Å². The summed E-state index contributed by atoms with van der Waals surface area (Å²) in [5.74, 6) is -0.179. The quantitative estimate of drug-likeness (QED) is 0.144. The number of carbonyl (C=O) groups is 1. The van der Waals surface area contributed by atoms with E-state index in [0.717, 1.165) is 45.9 Å². The molecule has 206 valence electrons. The Morgan fingerprint density at radius 3 is 2.07 bits per heavy atom. The van der Waals surface area contributed by atoms with Crippen molar-refractivity contribution in [3.63, 3.8) is 0 Å². The Balaban J connectivity index is 1.22. The number of allylic oxidation sites excluding steroid dienone is 1. The average Bonchev–Trinajstić information content (AvgIpc) is 3.70. The minimum absolute atomic E-state index is 0.0350. The van der Waals surface area contributed by atoms with E-state index in [0.29, 0.717) is 0 Å². The SMILES string of the molecule is O=C(/C=C/c1ccc(-n2nc(-c3ccccc3)cc2-c2ccccc2)cc1)c1ccc(-c2cccc(C(F)(F)F)c2)o1. The monoisotopic (exact) mass is 560 g/mol. The molecule has 0 fully saturated rings. The third-order valence-corrected chi connectivity index (χ3v) is 6.74. The molecular formula is C35H23F3N2O2. The third kappa shape index (κ3) is 5.71. The number of halogens is 3. The Labute approximate surface area is 240 Å². The summed E-state index contributed by atoms with van der Waals surface area (Å²) in [6.45, 7) is 0. The van der Waals surface area contributed by atoms with Crippen molar-refractivity contribution in [3.05, 3.63) is 150 Å². The third-order valence-electron chi connectivity index (χ3n) is 6.74. The molecule has 0 saturated heterocycles. The van der Waals surface area contributed by atoms with Crippen LogP contribution >= 0.6 is 0 Å². The van der Waals surface area contributed by atoms with Gasteiger partial charge in [0.15, 0.2) is 5.76 Å². The lowest BCUT2D eigenvalue weighted by Gasteiger charge is -2.08. The number of hydrogen-bond acceptors (Lipinski definition) is 3. The maximum atomic E-state index is 13.1. The molecule has 4 nitrogen and oxygen atoms in total. The molecule has 0 spiro atoms. The van der Waals surface area contributed by atoms with Crippen LogP contribution in [0.5, 0.6) is 0 Å². The van der Waals surface area contributed by atoms with Crippen LogP contribution in [-0.2, 0) is 6.18 Å². The number of rotatable bonds is 7. The van der Waals surface area contributed by atoms with Crippen LogP contribution in [0.15, 0.2) is 138 Å². The number of alkyl halides is 3. The zero-order valence-corrected chi connectivity index (χ0v) is 22.1. The molecule has 0 amide bonds. The van der Waals surface area contributed by atoms with Crippen molar-refractivity contribution in [3.8, 4) is 39.5 Å². The fourth-order valence-corrected chi connectivity index (χ4v) is 4.60. The second-order valence-corrected chi connectivity index (χ2v) is 9.59. The van der Waals surface area contributed by atoms with Gasteiger partial charge in [-0.2, -0.15) is 18.3 Å². The van der Waals surface area contributed by atoms with Crippen molar-refractivity contribution in [2.24, 2.45) is 0 Å². The Morgan fingerprint density at radius 2 is 1.38 bits per heavy atom. The van der Waals surface area contributed by atoms with Crippen LogP contribution in [0.2, 0.25) is 0 Å². The second-order valence-electron chi connectivity index (χ2n) is 9.59. The fraction of sp³-hybridized carbons (Fsp3) is 0.0286. The number of ketones is 1. The van der Waals surface area contributed by atoms with Gasteiger partial charge in [-0.25, -0.2) is 4.68 Å². The molecule has 4 aromatic carbocycles. The van der Waals surface area contributed by atoms with Gasteiger partial charge >= 0.3 is 6.18 Å². The van der Waals surface area contributed by atoms with Gasteiger partial charge < -0.3 is 4.42 Å². The van der Waals surface area contributed by atoms with Crippen molar-refractivity contribution in [1.29, 1.82) is 0 Å². The van der Waals surface area contributed by atoms with Crippen LogP contribution in [0.4, 0.5) is 13.2 Å². The predicted molar refractivity (Wildman–Crippen MR) is 157 cm³/mol. The molecule has 0 atom stereocenters. The van der Waals surface area contributed by atoms with E-state index in [1.54, 1.807) is 6.08 Å². The highest BCUT2D eigenvalue weighted by Gasteiger charge is 2.30. The lowest BCUT2D eigenvalue weighted by atomic mass is 10.1. The molecule has 0 aliphatic heterocycles.